The van der Waals surface area contributed by atoms with Crippen LogP contribution in [0.2, 0.25) is 0 Å². The Morgan fingerprint density at radius 2 is 2.38 bits per heavy atom. The van der Waals surface area contributed by atoms with Crippen LogP contribution in [0.4, 0.5) is 5.69 Å². The third-order valence-corrected chi connectivity index (χ3v) is 2.18. The summed E-state index contributed by atoms with van der Waals surface area (Å²) in [5, 5.41) is 11.3. The molecule has 0 unspecified atom stereocenters. The maximum Gasteiger partial charge on any atom is 0.224 e. The van der Waals surface area contributed by atoms with Crippen molar-refractivity contribution >= 4 is 22.7 Å². The number of rotatable bonds is 4. The third kappa shape index (κ3) is 2.38. The molecule has 0 atom stereocenters. The van der Waals surface area contributed by atoms with Crippen molar-refractivity contribution in [2.24, 2.45) is 0 Å². The van der Waals surface area contributed by atoms with E-state index in [4.69, 9.17) is 9.52 Å². The maximum absolute atomic E-state index is 11.4. The zero-order valence-corrected chi connectivity index (χ0v) is 8.64. The first-order valence-electron chi connectivity index (χ1n) is 5.03. The Labute approximate surface area is 92.1 Å². The SMILES string of the molecule is O=C(CCCO)Nc1ccc2ncoc2c1. The monoisotopic (exact) mass is 220 g/mol. The summed E-state index contributed by atoms with van der Waals surface area (Å²) in [4.78, 5) is 15.4. The van der Waals surface area contributed by atoms with E-state index in [1.807, 2.05) is 0 Å². The van der Waals surface area contributed by atoms with Gasteiger partial charge in [-0.05, 0) is 18.6 Å². The van der Waals surface area contributed by atoms with E-state index >= 15 is 0 Å². The van der Waals surface area contributed by atoms with Crippen LogP contribution in [0.3, 0.4) is 0 Å². The van der Waals surface area contributed by atoms with Gasteiger partial charge in [-0.3, -0.25) is 4.79 Å². The number of aromatic nitrogens is 1. The van der Waals surface area contributed by atoms with Crippen LogP contribution in [0.1, 0.15) is 12.8 Å². The summed E-state index contributed by atoms with van der Waals surface area (Å²) in [6.07, 6.45) is 2.14. The van der Waals surface area contributed by atoms with Crippen LogP contribution < -0.4 is 5.32 Å². The van der Waals surface area contributed by atoms with Crippen molar-refractivity contribution in [3.05, 3.63) is 24.6 Å². The van der Waals surface area contributed by atoms with Crippen molar-refractivity contribution < 1.29 is 14.3 Å². The average Bonchev–Trinajstić information content (AvgIpc) is 2.73. The molecule has 0 aliphatic carbocycles. The van der Waals surface area contributed by atoms with Gasteiger partial charge in [0.05, 0.1) is 0 Å². The molecule has 1 aromatic carbocycles. The average molecular weight is 220 g/mol. The second kappa shape index (κ2) is 4.76. The van der Waals surface area contributed by atoms with Gasteiger partial charge in [-0.25, -0.2) is 4.98 Å². The lowest BCUT2D eigenvalue weighted by Gasteiger charge is -2.03. The van der Waals surface area contributed by atoms with Crippen LogP contribution in [-0.4, -0.2) is 22.6 Å². The predicted molar refractivity (Wildman–Crippen MR) is 59.0 cm³/mol. The van der Waals surface area contributed by atoms with Crippen LogP contribution in [0, 0.1) is 0 Å². The molecule has 1 aromatic heterocycles. The first kappa shape index (κ1) is 10.6. The minimum atomic E-state index is -0.118. The zero-order valence-electron chi connectivity index (χ0n) is 8.64. The molecule has 0 spiro atoms. The van der Waals surface area contributed by atoms with Gasteiger partial charge in [0.25, 0.3) is 0 Å². The summed E-state index contributed by atoms with van der Waals surface area (Å²) in [6, 6.07) is 5.27. The molecular formula is C11H12N2O3. The van der Waals surface area contributed by atoms with Crippen molar-refractivity contribution in [2.45, 2.75) is 12.8 Å². The van der Waals surface area contributed by atoms with E-state index in [1.165, 1.54) is 6.39 Å². The zero-order chi connectivity index (χ0) is 11.4. The lowest BCUT2D eigenvalue weighted by Crippen LogP contribution is -2.11. The van der Waals surface area contributed by atoms with Crippen molar-refractivity contribution in [3.8, 4) is 0 Å². The highest BCUT2D eigenvalue weighted by molar-refractivity contribution is 5.92. The number of nitrogens with zero attached hydrogens (tertiary/aromatic N) is 1. The summed E-state index contributed by atoms with van der Waals surface area (Å²) in [7, 11) is 0. The van der Waals surface area contributed by atoms with Gasteiger partial charge in [-0.1, -0.05) is 0 Å². The van der Waals surface area contributed by atoms with Gasteiger partial charge in [-0.15, -0.1) is 0 Å². The number of oxazole rings is 1. The third-order valence-electron chi connectivity index (χ3n) is 2.18. The Morgan fingerprint density at radius 3 is 3.19 bits per heavy atom. The molecule has 2 aromatic rings. The molecule has 0 saturated carbocycles. The molecule has 1 amide bonds. The van der Waals surface area contributed by atoms with Gasteiger partial charge in [0.2, 0.25) is 5.91 Å². The van der Waals surface area contributed by atoms with E-state index in [-0.39, 0.29) is 12.5 Å². The van der Waals surface area contributed by atoms with Gasteiger partial charge < -0.3 is 14.8 Å². The van der Waals surface area contributed by atoms with E-state index in [2.05, 4.69) is 10.3 Å². The first-order chi connectivity index (χ1) is 7.79. The van der Waals surface area contributed by atoms with Gasteiger partial charge in [-0.2, -0.15) is 0 Å². The molecule has 84 valence electrons. The van der Waals surface area contributed by atoms with E-state index in [0.717, 1.165) is 5.52 Å². The lowest BCUT2D eigenvalue weighted by molar-refractivity contribution is -0.116. The van der Waals surface area contributed by atoms with Gasteiger partial charge >= 0.3 is 0 Å². The number of aliphatic hydroxyl groups excluding tert-OH is 1. The molecule has 2 N–H and O–H groups in total. The topological polar surface area (TPSA) is 75.4 Å². The van der Waals surface area contributed by atoms with Crippen molar-refractivity contribution in [1.82, 2.24) is 4.98 Å². The Bertz CT molecular complexity index is 493. The Morgan fingerprint density at radius 1 is 1.50 bits per heavy atom. The van der Waals surface area contributed by atoms with Crippen LogP contribution in [-0.2, 0) is 4.79 Å². The highest BCUT2D eigenvalue weighted by Gasteiger charge is 2.04. The molecular weight excluding hydrogens is 208 g/mol. The molecule has 0 saturated heterocycles. The molecule has 0 fully saturated rings. The summed E-state index contributed by atoms with van der Waals surface area (Å²) >= 11 is 0. The Hall–Kier alpha value is -1.88. The number of anilines is 1. The smallest absolute Gasteiger partial charge is 0.224 e. The maximum atomic E-state index is 11.4. The highest BCUT2D eigenvalue weighted by atomic mass is 16.3. The Kier molecular flexibility index (Phi) is 3.16. The number of fused-ring (bicyclic) bond motifs is 1. The van der Waals surface area contributed by atoms with E-state index < -0.39 is 0 Å². The summed E-state index contributed by atoms with van der Waals surface area (Å²) in [6.45, 7) is 0.0224. The van der Waals surface area contributed by atoms with Crippen molar-refractivity contribution in [1.29, 1.82) is 0 Å². The van der Waals surface area contributed by atoms with Gasteiger partial charge in [0.15, 0.2) is 12.0 Å². The highest BCUT2D eigenvalue weighted by Crippen LogP contribution is 2.17. The van der Waals surface area contributed by atoms with E-state index in [0.29, 0.717) is 24.1 Å². The normalized spacial score (nSPS) is 10.6. The molecule has 5 nitrogen and oxygen atoms in total. The van der Waals surface area contributed by atoms with Crippen LogP contribution in [0.15, 0.2) is 29.0 Å². The number of carbonyl (C=O) groups is 1. The number of benzene rings is 1. The molecule has 16 heavy (non-hydrogen) atoms. The molecule has 0 aliphatic heterocycles. The quantitative estimate of drug-likeness (QED) is 0.819. The summed E-state index contributed by atoms with van der Waals surface area (Å²) in [5.41, 5.74) is 2.07. The minimum absolute atomic E-state index is 0.0224. The van der Waals surface area contributed by atoms with Crippen LogP contribution in [0.5, 0.6) is 0 Å². The summed E-state index contributed by atoms with van der Waals surface area (Å²) in [5.74, 6) is -0.118. The fourth-order valence-electron chi connectivity index (χ4n) is 1.40. The largest absolute Gasteiger partial charge is 0.443 e. The first-order valence-corrected chi connectivity index (χ1v) is 5.03. The van der Waals surface area contributed by atoms with Gasteiger partial charge in [0.1, 0.15) is 5.52 Å². The second-order valence-corrected chi connectivity index (χ2v) is 3.41. The molecule has 1 heterocycles. The van der Waals surface area contributed by atoms with Gasteiger partial charge in [0, 0.05) is 24.8 Å². The Balaban J connectivity index is 2.06. The molecule has 0 bridgehead atoms. The number of hydrogen-bond donors (Lipinski definition) is 2. The number of amides is 1. The molecule has 2 rings (SSSR count). The molecule has 0 radical (unpaired) electrons. The van der Waals surface area contributed by atoms with Crippen molar-refractivity contribution in [3.63, 3.8) is 0 Å². The van der Waals surface area contributed by atoms with Crippen LogP contribution >= 0.6 is 0 Å². The summed E-state index contributed by atoms with van der Waals surface area (Å²) < 4.78 is 5.12. The van der Waals surface area contributed by atoms with E-state index in [9.17, 15) is 4.79 Å². The lowest BCUT2D eigenvalue weighted by atomic mass is 10.2. The minimum Gasteiger partial charge on any atom is -0.443 e. The standard InChI is InChI=1S/C11H12N2O3/c14-5-1-2-11(15)13-8-3-4-9-10(6-8)16-7-12-9/h3-4,6-7,14H,1-2,5H2,(H,13,15). The number of carbonyl (C=O) groups excluding carboxylic acids is 1. The van der Waals surface area contributed by atoms with Crippen LogP contribution in [0.25, 0.3) is 11.1 Å². The second-order valence-electron chi connectivity index (χ2n) is 3.41. The fraction of sp³-hybridized carbons (Fsp3) is 0.273. The molecule has 0 aliphatic rings. The number of nitrogens with one attached hydrogen (secondary N) is 1. The number of aliphatic hydroxyl groups is 1. The number of hydrogen-bond acceptors (Lipinski definition) is 4. The van der Waals surface area contributed by atoms with E-state index in [1.54, 1.807) is 18.2 Å². The fourth-order valence-corrected chi connectivity index (χ4v) is 1.40. The van der Waals surface area contributed by atoms with Crippen molar-refractivity contribution in [2.75, 3.05) is 11.9 Å². The molecule has 5 heteroatoms. The predicted octanol–water partition coefficient (Wildman–Crippen LogP) is 1.54.